The number of thiophene rings is 1. The monoisotopic (exact) mass is 407 g/mol. The number of fused-ring (bicyclic) bond motifs is 3. The molecule has 0 aromatic carbocycles. The molecule has 3 heterocycles. The molecular formula is C19H25N3O3S2. The van der Waals surface area contributed by atoms with E-state index in [0.29, 0.717) is 11.7 Å². The van der Waals surface area contributed by atoms with Crippen molar-refractivity contribution >= 4 is 42.4 Å². The van der Waals surface area contributed by atoms with Crippen LogP contribution in [0.25, 0.3) is 21.3 Å². The van der Waals surface area contributed by atoms with E-state index in [-0.39, 0.29) is 11.8 Å². The summed E-state index contributed by atoms with van der Waals surface area (Å²) in [6.07, 6.45) is 7.20. The number of hydrogen-bond donors (Lipinski definition) is 1. The fourth-order valence-electron chi connectivity index (χ4n) is 4.23. The summed E-state index contributed by atoms with van der Waals surface area (Å²) in [5, 5.41) is 12.4. The lowest BCUT2D eigenvalue weighted by Gasteiger charge is -2.31. The maximum atomic E-state index is 11.4. The zero-order valence-electron chi connectivity index (χ0n) is 15.6. The second kappa shape index (κ2) is 7.14. The molecule has 3 aromatic rings. The molecule has 0 unspecified atom stereocenters. The van der Waals surface area contributed by atoms with Gasteiger partial charge in [-0.25, -0.2) is 13.4 Å². The Bertz CT molecular complexity index is 1060. The smallest absolute Gasteiger partial charge is 0.147 e. The highest BCUT2D eigenvalue weighted by atomic mass is 32.2. The van der Waals surface area contributed by atoms with Crippen molar-refractivity contribution in [2.24, 2.45) is 5.92 Å². The minimum Gasteiger partial charge on any atom is -0.385 e. The van der Waals surface area contributed by atoms with Crippen molar-refractivity contribution in [3.63, 3.8) is 0 Å². The quantitative estimate of drug-likeness (QED) is 0.694. The lowest BCUT2D eigenvalue weighted by molar-refractivity contribution is 0.174. The van der Waals surface area contributed by atoms with E-state index in [4.69, 9.17) is 0 Å². The molecule has 146 valence electrons. The summed E-state index contributed by atoms with van der Waals surface area (Å²) in [5.74, 6) is 1.44. The van der Waals surface area contributed by atoms with Gasteiger partial charge in [0.2, 0.25) is 0 Å². The predicted molar refractivity (Wildman–Crippen MR) is 109 cm³/mol. The Hall–Kier alpha value is -1.51. The van der Waals surface area contributed by atoms with Gasteiger partial charge >= 0.3 is 0 Å². The van der Waals surface area contributed by atoms with Crippen molar-refractivity contribution in [1.29, 1.82) is 0 Å². The van der Waals surface area contributed by atoms with E-state index in [1.807, 2.05) is 11.4 Å². The van der Waals surface area contributed by atoms with Crippen LogP contribution in [-0.2, 0) is 9.84 Å². The third kappa shape index (κ3) is 3.75. The lowest BCUT2D eigenvalue weighted by Crippen LogP contribution is -2.22. The molecule has 4 rings (SSSR count). The molecule has 0 spiro atoms. The average Bonchev–Trinajstić information content (AvgIpc) is 3.23. The fourth-order valence-corrected chi connectivity index (χ4v) is 5.88. The van der Waals surface area contributed by atoms with Gasteiger partial charge in [-0.05, 0) is 56.4 Å². The minimum atomic E-state index is -2.90. The van der Waals surface area contributed by atoms with Crippen molar-refractivity contribution in [1.82, 2.24) is 14.5 Å². The topological polar surface area (TPSA) is 85.1 Å². The average molecular weight is 408 g/mol. The normalized spacial score (nSPS) is 22.5. The summed E-state index contributed by atoms with van der Waals surface area (Å²) in [6.45, 7) is 1.76. The summed E-state index contributed by atoms with van der Waals surface area (Å²) >= 11 is 1.66. The first kappa shape index (κ1) is 18.8. The molecule has 1 N–H and O–H groups in total. The molecule has 3 aromatic heterocycles. The zero-order valence-corrected chi connectivity index (χ0v) is 17.3. The molecule has 1 aliphatic carbocycles. The van der Waals surface area contributed by atoms with Crippen molar-refractivity contribution in [3.8, 4) is 0 Å². The fraction of sp³-hybridized carbons (Fsp3) is 0.579. The van der Waals surface area contributed by atoms with Crippen LogP contribution < -0.4 is 0 Å². The van der Waals surface area contributed by atoms with Crippen molar-refractivity contribution in [2.45, 2.75) is 51.2 Å². The first-order valence-corrected chi connectivity index (χ1v) is 12.4. The van der Waals surface area contributed by atoms with Gasteiger partial charge in [-0.1, -0.05) is 0 Å². The molecule has 0 amide bonds. The number of pyridine rings is 1. The molecule has 1 aliphatic rings. The molecular weight excluding hydrogens is 382 g/mol. The molecule has 0 saturated heterocycles. The second-order valence-electron chi connectivity index (χ2n) is 7.74. The zero-order chi connectivity index (χ0) is 19.2. The Morgan fingerprint density at radius 1 is 1.30 bits per heavy atom. The Kier molecular flexibility index (Phi) is 4.98. The molecule has 1 fully saturated rings. The molecule has 1 saturated carbocycles. The van der Waals surface area contributed by atoms with Gasteiger partial charge in [0.1, 0.15) is 27.3 Å². The Labute approximate surface area is 163 Å². The number of aromatic nitrogens is 3. The van der Waals surface area contributed by atoms with Gasteiger partial charge in [-0.2, -0.15) is 0 Å². The van der Waals surface area contributed by atoms with Gasteiger partial charge < -0.3 is 9.67 Å². The van der Waals surface area contributed by atoms with E-state index < -0.39 is 15.9 Å². The standard InChI is InChI=1S/C19H25N3O3S2/c1-12(23)19-21-16-11-20-15-7-9-26-18(15)17(16)22(19)14-5-3-13(4-6-14)8-10-27(2,24)25/h7,9,11-14,23H,3-6,8,10H2,1-2H3/t12-,13?,14?/m1/s1. The molecule has 0 aliphatic heterocycles. The van der Waals surface area contributed by atoms with Crippen LogP contribution in [0.1, 0.15) is 57.0 Å². The van der Waals surface area contributed by atoms with Crippen LogP contribution in [-0.4, -0.2) is 40.1 Å². The van der Waals surface area contributed by atoms with Crippen LogP contribution in [0, 0.1) is 5.92 Å². The van der Waals surface area contributed by atoms with Crippen LogP contribution in [0.4, 0.5) is 0 Å². The molecule has 1 atom stereocenters. The number of aliphatic hydroxyl groups excluding tert-OH is 1. The van der Waals surface area contributed by atoms with Gasteiger partial charge in [0, 0.05) is 12.3 Å². The number of imidazole rings is 1. The Morgan fingerprint density at radius 3 is 2.70 bits per heavy atom. The summed E-state index contributed by atoms with van der Waals surface area (Å²) in [4.78, 5) is 9.17. The SMILES string of the molecule is C[C@@H](O)c1nc2cnc3ccsc3c2n1C1CCC(CCS(C)(=O)=O)CC1. The summed E-state index contributed by atoms with van der Waals surface area (Å²) in [6, 6.07) is 2.29. The van der Waals surface area contributed by atoms with E-state index in [9.17, 15) is 13.5 Å². The molecule has 0 radical (unpaired) electrons. The molecule has 8 heteroatoms. The highest BCUT2D eigenvalue weighted by molar-refractivity contribution is 7.90. The maximum absolute atomic E-state index is 11.4. The number of sulfone groups is 1. The Balaban J connectivity index is 1.65. The number of nitrogens with zero attached hydrogens (tertiary/aromatic N) is 3. The van der Waals surface area contributed by atoms with Crippen molar-refractivity contribution in [2.75, 3.05) is 12.0 Å². The van der Waals surface area contributed by atoms with Crippen LogP contribution in [0.5, 0.6) is 0 Å². The molecule has 27 heavy (non-hydrogen) atoms. The molecule has 0 bridgehead atoms. The van der Waals surface area contributed by atoms with Crippen LogP contribution in [0.2, 0.25) is 0 Å². The summed E-state index contributed by atoms with van der Waals surface area (Å²) < 4.78 is 26.2. The first-order chi connectivity index (χ1) is 12.8. The van der Waals surface area contributed by atoms with Crippen LogP contribution >= 0.6 is 11.3 Å². The Morgan fingerprint density at radius 2 is 2.04 bits per heavy atom. The second-order valence-corrected chi connectivity index (χ2v) is 10.9. The first-order valence-electron chi connectivity index (χ1n) is 9.43. The van der Waals surface area contributed by atoms with Crippen molar-refractivity contribution in [3.05, 3.63) is 23.5 Å². The van der Waals surface area contributed by atoms with Gasteiger partial charge in [-0.3, -0.25) is 4.98 Å². The van der Waals surface area contributed by atoms with Crippen LogP contribution in [0.3, 0.4) is 0 Å². The molecule has 6 nitrogen and oxygen atoms in total. The van der Waals surface area contributed by atoms with Gasteiger partial charge in [0.25, 0.3) is 0 Å². The van der Waals surface area contributed by atoms with Gasteiger partial charge in [0.15, 0.2) is 0 Å². The third-order valence-electron chi connectivity index (χ3n) is 5.60. The minimum absolute atomic E-state index is 0.275. The predicted octanol–water partition coefficient (Wildman–Crippen LogP) is 3.87. The largest absolute Gasteiger partial charge is 0.385 e. The van der Waals surface area contributed by atoms with Crippen molar-refractivity contribution < 1.29 is 13.5 Å². The third-order valence-corrected chi connectivity index (χ3v) is 7.49. The number of aliphatic hydroxyl groups is 1. The van der Waals surface area contributed by atoms with Gasteiger partial charge in [-0.15, -0.1) is 11.3 Å². The highest BCUT2D eigenvalue weighted by Crippen LogP contribution is 2.40. The highest BCUT2D eigenvalue weighted by Gasteiger charge is 2.28. The van der Waals surface area contributed by atoms with E-state index in [0.717, 1.165) is 53.4 Å². The van der Waals surface area contributed by atoms with Crippen LogP contribution in [0.15, 0.2) is 17.6 Å². The van der Waals surface area contributed by atoms with E-state index in [1.165, 1.54) is 6.26 Å². The number of rotatable bonds is 5. The number of hydrogen-bond acceptors (Lipinski definition) is 6. The van der Waals surface area contributed by atoms with E-state index in [2.05, 4.69) is 14.5 Å². The lowest BCUT2D eigenvalue weighted by atomic mass is 9.84. The van der Waals surface area contributed by atoms with Gasteiger partial charge in [0.05, 0.1) is 27.7 Å². The van der Waals surface area contributed by atoms with E-state index >= 15 is 0 Å². The van der Waals surface area contributed by atoms with E-state index in [1.54, 1.807) is 24.5 Å². The summed E-state index contributed by atoms with van der Waals surface area (Å²) in [7, 11) is -2.90. The maximum Gasteiger partial charge on any atom is 0.147 e. The summed E-state index contributed by atoms with van der Waals surface area (Å²) in [5.41, 5.74) is 2.87.